The van der Waals surface area contributed by atoms with E-state index >= 15 is 0 Å². The average Bonchev–Trinajstić information content (AvgIpc) is 2.65. The van der Waals surface area contributed by atoms with Crippen LogP contribution in [0.3, 0.4) is 0 Å². The van der Waals surface area contributed by atoms with Gasteiger partial charge in [-0.25, -0.2) is 9.97 Å². The maximum atomic E-state index is 11.1. The number of methoxy groups -OCH3 is 2. The lowest BCUT2D eigenvalue weighted by Gasteiger charge is -2.10. The van der Waals surface area contributed by atoms with Crippen molar-refractivity contribution < 1.29 is 14.4 Å². The number of nitro benzene ring substituents is 1. The molecule has 0 aliphatic heterocycles. The summed E-state index contributed by atoms with van der Waals surface area (Å²) in [6.07, 6.45) is 1.47. The predicted octanol–water partition coefficient (Wildman–Crippen LogP) is 3.17. The van der Waals surface area contributed by atoms with Gasteiger partial charge in [-0.05, 0) is 29.8 Å². The van der Waals surface area contributed by atoms with Gasteiger partial charge in [-0.3, -0.25) is 10.1 Å². The van der Waals surface area contributed by atoms with E-state index in [1.807, 2.05) is 18.2 Å². The Kier molecular flexibility index (Phi) is 4.60. The molecule has 1 heterocycles. The molecule has 0 amide bonds. The minimum atomic E-state index is -0.465. The lowest BCUT2D eigenvalue weighted by molar-refractivity contribution is -0.385. The summed E-state index contributed by atoms with van der Waals surface area (Å²) in [5, 5.41) is 15.1. The first kappa shape index (κ1) is 16.4. The van der Waals surface area contributed by atoms with Crippen molar-refractivity contribution in [3.05, 3.63) is 58.4 Å². The highest BCUT2D eigenvalue weighted by Gasteiger charge is 2.15. The molecule has 3 rings (SSSR count). The third kappa shape index (κ3) is 3.42. The van der Waals surface area contributed by atoms with Gasteiger partial charge in [-0.1, -0.05) is 6.07 Å². The van der Waals surface area contributed by atoms with E-state index in [-0.39, 0.29) is 11.4 Å². The zero-order valence-electron chi connectivity index (χ0n) is 13.7. The quantitative estimate of drug-likeness (QED) is 0.543. The number of nitrogens with zero attached hydrogens (tertiary/aromatic N) is 3. The lowest BCUT2D eigenvalue weighted by atomic mass is 10.1. The summed E-state index contributed by atoms with van der Waals surface area (Å²) in [5.74, 6) is 1.55. The van der Waals surface area contributed by atoms with E-state index in [4.69, 9.17) is 9.47 Å². The number of aromatic nitrogens is 2. The standard InChI is InChI=1S/C17H16N4O4/c1-24-12-4-5-14-13(8-12)17(20-10-19-14)18-9-11-3-6-16(25-2)15(7-11)21(22)23/h3-8,10H,9H2,1-2H3,(H,18,19,20). The number of nitrogens with one attached hydrogen (secondary N) is 1. The summed E-state index contributed by atoms with van der Waals surface area (Å²) in [6.45, 7) is 0.369. The molecular formula is C17H16N4O4. The Morgan fingerprint density at radius 3 is 2.68 bits per heavy atom. The van der Waals surface area contributed by atoms with Crippen LogP contribution in [0.1, 0.15) is 5.56 Å². The van der Waals surface area contributed by atoms with E-state index < -0.39 is 4.92 Å². The van der Waals surface area contributed by atoms with E-state index in [0.29, 0.717) is 18.1 Å². The van der Waals surface area contributed by atoms with E-state index in [9.17, 15) is 10.1 Å². The molecule has 0 spiro atoms. The van der Waals surface area contributed by atoms with Crippen LogP contribution in [0.25, 0.3) is 10.9 Å². The Morgan fingerprint density at radius 2 is 1.96 bits per heavy atom. The van der Waals surface area contributed by atoms with E-state index in [1.54, 1.807) is 19.2 Å². The van der Waals surface area contributed by atoms with Crippen molar-refractivity contribution in [3.63, 3.8) is 0 Å². The highest BCUT2D eigenvalue weighted by atomic mass is 16.6. The smallest absolute Gasteiger partial charge is 0.311 e. The molecule has 8 nitrogen and oxygen atoms in total. The van der Waals surface area contributed by atoms with Crippen LogP contribution in [0.4, 0.5) is 11.5 Å². The highest BCUT2D eigenvalue weighted by molar-refractivity contribution is 5.89. The fourth-order valence-corrected chi connectivity index (χ4v) is 2.48. The zero-order valence-corrected chi connectivity index (χ0v) is 13.7. The van der Waals surface area contributed by atoms with Gasteiger partial charge >= 0.3 is 5.69 Å². The van der Waals surface area contributed by atoms with E-state index in [2.05, 4.69) is 15.3 Å². The molecular weight excluding hydrogens is 324 g/mol. The Bertz CT molecular complexity index is 930. The molecule has 25 heavy (non-hydrogen) atoms. The van der Waals surface area contributed by atoms with Crippen molar-refractivity contribution in [2.75, 3.05) is 19.5 Å². The summed E-state index contributed by atoms with van der Waals surface area (Å²) in [4.78, 5) is 19.1. The Balaban J connectivity index is 1.88. The van der Waals surface area contributed by atoms with Gasteiger partial charge in [0.05, 0.1) is 24.7 Å². The normalized spacial score (nSPS) is 10.5. The molecule has 1 aromatic heterocycles. The van der Waals surface area contributed by atoms with Crippen LogP contribution in [-0.4, -0.2) is 29.1 Å². The Morgan fingerprint density at radius 1 is 1.12 bits per heavy atom. The third-order valence-electron chi connectivity index (χ3n) is 3.74. The van der Waals surface area contributed by atoms with Gasteiger partial charge in [0.15, 0.2) is 5.75 Å². The molecule has 3 aromatic rings. The van der Waals surface area contributed by atoms with Gasteiger partial charge in [0.25, 0.3) is 0 Å². The number of hydrogen-bond acceptors (Lipinski definition) is 7. The van der Waals surface area contributed by atoms with E-state index in [0.717, 1.165) is 16.5 Å². The molecule has 0 unspecified atom stereocenters. The van der Waals surface area contributed by atoms with Crippen molar-refractivity contribution in [1.29, 1.82) is 0 Å². The third-order valence-corrected chi connectivity index (χ3v) is 3.74. The molecule has 0 aliphatic carbocycles. The maximum Gasteiger partial charge on any atom is 0.311 e. The predicted molar refractivity (Wildman–Crippen MR) is 93.1 cm³/mol. The van der Waals surface area contributed by atoms with Crippen molar-refractivity contribution in [2.45, 2.75) is 6.54 Å². The minimum absolute atomic E-state index is 0.0731. The summed E-state index contributed by atoms with van der Waals surface area (Å²) < 4.78 is 10.2. The topological polar surface area (TPSA) is 99.4 Å². The van der Waals surface area contributed by atoms with Gasteiger partial charge < -0.3 is 14.8 Å². The molecule has 0 atom stereocenters. The van der Waals surface area contributed by atoms with Crippen molar-refractivity contribution >= 4 is 22.4 Å². The van der Waals surface area contributed by atoms with Crippen LogP contribution in [0.5, 0.6) is 11.5 Å². The number of hydrogen-bond donors (Lipinski definition) is 1. The second kappa shape index (κ2) is 7.00. The molecule has 0 bridgehead atoms. The first-order valence-corrected chi connectivity index (χ1v) is 7.46. The Labute approximate surface area is 143 Å². The Hall–Kier alpha value is -3.42. The summed E-state index contributed by atoms with van der Waals surface area (Å²) in [7, 11) is 3.00. The monoisotopic (exact) mass is 340 g/mol. The molecule has 0 aliphatic rings. The second-order valence-corrected chi connectivity index (χ2v) is 5.22. The molecule has 128 valence electrons. The van der Waals surface area contributed by atoms with E-state index in [1.165, 1.54) is 19.5 Å². The van der Waals surface area contributed by atoms with Crippen LogP contribution in [-0.2, 0) is 6.54 Å². The first-order chi connectivity index (χ1) is 12.1. The molecule has 0 saturated carbocycles. The number of fused-ring (bicyclic) bond motifs is 1. The van der Waals surface area contributed by atoms with Crippen molar-refractivity contribution in [1.82, 2.24) is 9.97 Å². The lowest BCUT2D eigenvalue weighted by Crippen LogP contribution is -2.04. The van der Waals surface area contributed by atoms with Gasteiger partial charge in [-0.2, -0.15) is 0 Å². The second-order valence-electron chi connectivity index (χ2n) is 5.22. The molecule has 1 N–H and O–H groups in total. The molecule has 0 radical (unpaired) electrons. The van der Waals surface area contributed by atoms with Gasteiger partial charge in [0, 0.05) is 18.0 Å². The van der Waals surface area contributed by atoms with Gasteiger partial charge in [-0.15, -0.1) is 0 Å². The maximum absolute atomic E-state index is 11.1. The highest BCUT2D eigenvalue weighted by Crippen LogP contribution is 2.28. The zero-order chi connectivity index (χ0) is 17.8. The number of nitro groups is 1. The van der Waals surface area contributed by atoms with Crippen LogP contribution < -0.4 is 14.8 Å². The summed E-state index contributed by atoms with van der Waals surface area (Å²) >= 11 is 0. The van der Waals surface area contributed by atoms with Crippen LogP contribution in [0.15, 0.2) is 42.7 Å². The summed E-state index contributed by atoms with van der Waals surface area (Å²) in [6, 6.07) is 10.3. The van der Waals surface area contributed by atoms with Crippen molar-refractivity contribution in [3.8, 4) is 11.5 Å². The number of rotatable bonds is 6. The van der Waals surface area contributed by atoms with Crippen LogP contribution in [0, 0.1) is 10.1 Å². The fourth-order valence-electron chi connectivity index (χ4n) is 2.48. The van der Waals surface area contributed by atoms with Gasteiger partial charge in [0.2, 0.25) is 0 Å². The summed E-state index contributed by atoms with van der Waals surface area (Å²) in [5.41, 5.74) is 1.44. The molecule has 8 heteroatoms. The number of anilines is 1. The molecule has 0 saturated heterocycles. The largest absolute Gasteiger partial charge is 0.497 e. The van der Waals surface area contributed by atoms with Crippen LogP contribution >= 0.6 is 0 Å². The van der Waals surface area contributed by atoms with Gasteiger partial charge in [0.1, 0.15) is 17.9 Å². The minimum Gasteiger partial charge on any atom is -0.497 e. The van der Waals surface area contributed by atoms with Crippen molar-refractivity contribution in [2.24, 2.45) is 0 Å². The SMILES string of the molecule is COc1ccc2ncnc(NCc3ccc(OC)c([N+](=O)[O-])c3)c2c1. The average molecular weight is 340 g/mol. The fraction of sp³-hybridized carbons (Fsp3) is 0.176. The molecule has 0 fully saturated rings. The number of benzene rings is 2. The number of ether oxygens (including phenoxy) is 2. The first-order valence-electron chi connectivity index (χ1n) is 7.46. The molecule has 2 aromatic carbocycles. The van der Waals surface area contributed by atoms with Crippen LogP contribution in [0.2, 0.25) is 0 Å².